The zero-order valence-corrected chi connectivity index (χ0v) is 38.9. The van der Waals surface area contributed by atoms with E-state index in [2.05, 4.69) is 73.3 Å². The van der Waals surface area contributed by atoms with E-state index >= 15 is 0 Å². The number of ether oxygens (including phenoxy) is 4. The van der Waals surface area contributed by atoms with Crippen LogP contribution in [-0.2, 0) is 0 Å². The minimum Gasteiger partial charge on any atom is -0.493 e. The summed E-state index contributed by atoms with van der Waals surface area (Å²) in [6.45, 7) is 9.77. The van der Waals surface area contributed by atoms with Gasteiger partial charge in [0.25, 0.3) is 0 Å². The number of likely N-dealkylation sites (tertiary alicyclic amines) is 1. The molecular weight excluding hydrogens is 893 g/mol. The van der Waals surface area contributed by atoms with Gasteiger partial charge in [0.05, 0.1) is 36.6 Å². The van der Waals surface area contributed by atoms with E-state index in [1.165, 1.54) is 39.0 Å². The largest absolute Gasteiger partial charge is 0.493 e. The highest BCUT2D eigenvalue weighted by Crippen LogP contribution is 2.37. The predicted molar refractivity (Wildman–Crippen MR) is 254 cm³/mol. The summed E-state index contributed by atoms with van der Waals surface area (Å²) in [5.74, 6) is 2.44. The van der Waals surface area contributed by atoms with Gasteiger partial charge >= 0.3 is 0 Å². The van der Waals surface area contributed by atoms with Crippen molar-refractivity contribution in [2.24, 2.45) is 5.92 Å². The Labute approximate surface area is 392 Å². The fraction of sp³-hybridized carbons (Fsp3) is 0.375. The summed E-state index contributed by atoms with van der Waals surface area (Å²) in [4.78, 5) is 21.6. The van der Waals surface area contributed by atoms with Crippen molar-refractivity contribution in [1.82, 2.24) is 29.7 Å². The third-order valence-corrected chi connectivity index (χ3v) is 12.0. The van der Waals surface area contributed by atoms with Crippen molar-refractivity contribution < 1.29 is 37.9 Å². The molecule has 18 heteroatoms. The quantitative estimate of drug-likeness (QED) is 0.0681. The molecule has 2 aliphatic heterocycles. The van der Waals surface area contributed by atoms with E-state index in [1.54, 1.807) is 48.5 Å². The van der Waals surface area contributed by atoms with Gasteiger partial charge in [0.1, 0.15) is 61.3 Å². The highest BCUT2D eigenvalue weighted by Gasteiger charge is 2.25. The van der Waals surface area contributed by atoms with Gasteiger partial charge in [0, 0.05) is 58.1 Å². The number of hydrogen-bond acceptors (Lipinski definition) is 14. The fourth-order valence-corrected chi connectivity index (χ4v) is 8.14. The number of piperidine rings is 1. The molecule has 0 amide bonds. The van der Waals surface area contributed by atoms with Crippen LogP contribution < -0.4 is 29.6 Å². The number of aliphatic hydroxyl groups is 2. The number of aliphatic hydroxyl groups excluding tert-OH is 2. The molecule has 4 aromatic carbocycles. The molecule has 2 aliphatic rings. The maximum Gasteiger partial charge on any atom is 0.163 e. The molecule has 4 atom stereocenters. The van der Waals surface area contributed by atoms with Crippen molar-refractivity contribution in [3.05, 3.63) is 107 Å². The lowest BCUT2D eigenvalue weighted by Gasteiger charge is -2.31. The lowest BCUT2D eigenvalue weighted by molar-refractivity contribution is 0.0555. The summed E-state index contributed by atoms with van der Waals surface area (Å²) >= 11 is 11.7. The number of nitrogens with one attached hydrogen (secondary N) is 2. The molecule has 2 aromatic heterocycles. The van der Waals surface area contributed by atoms with Crippen LogP contribution in [0.5, 0.6) is 23.0 Å². The zero-order valence-electron chi connectivity index (χ0n) is 37.3. The third kappa shape index (κ3) is 12.2. The maximum atomic E-state index is 14.2. The Morgan fingerprint density at radius 3 is 1.55 bits per heavy atom. The molecule has 8 rings (SSSR count). The van der Waals surface area contributed by atoms with E-state index in [4.69, 9.17) is 42.1 Å². The van der Waals surface area contributed by atoms with Crippen molar-refractivity contribution >= 4 is 68.0 Å². The van der Waals surface area contributed by atoms with Crippen LogP contribution in [0.1, 0.15) is 33.6 Å². The Kier molecular flexibility index (Phi) is 16.3. The first-order chi connectivity index (χ1) is 31.8. The molecule has 0 spiro atoms. The minimum atomic E-state index is -0.675. The first-order valence-corrected chi connectivity index (χ1v) is 22.4. The minimum absolute atomic E-state index is 0.101. The van der Waals surface area contributed by atoms with Gasteiger partial charge in [-0.05, 0) is 94.2 Å². The Morgan fingerprint density at radius 1 is 0.652 bits per heavy atom. The van der Waals surface area contributed by atoms with Crippen LogP contribution in [-0.4, -0.2) is 118 Å². The Balaban J connectivity index is 0.000000196. The monoisotopic (exact) mass is 946 g/mol. The van der Waals surface area contributed by atoms with Gasteiger partial charge in [-0.2, -0.15) is 0 Å². The highest BCUT2D eigenvalue weighted by atomic mass is 35.5. The number of benzene rings is 4. The number of methoxy groups -OCH3 is 2. The van der Waals surface area contributed by atoms with Crippen LogP contribution in [0.3, 0.4) is 0 Å². The van der Waals surface area contributed by atoms with Gasteiger partial charge in [0.15, 0.2) is 23.0 Å². The van der Waals surface area contributed by atoms with E-state index in [0.29, 0.717) is 79.6 Å². The van der Waals surface area contributed by atoms with Gasteiger partial charge in [-0.1, -0.05) is 42.3 Å². The Morgan fingerprint density at radius 2 is 1.11 bits per heavy atom. The van der Waals surface area contributed by atoms with Crippen molar-refractivity contribution in [2.45, 2.75) is 57.9 Å². The van der Waals surface area contributed by atoms with E-state index < -0.39 is 23.8 Å². The number of rotatable bonds is 16. The zero-order chi connectivity index (χ0) is 46.9. The molecule has 66 heavy (non-hydrogen) atoms. The molecule has 1 fully saturated rings. The molecular formula is C48H54Cl2F2N8O6. The average molecular weight is 948 g/mol. The van der Waals surface area contributed by atoms with Crippen LogP contribution >= 0.6 is 23.2 Å². The number of fused-ring (bicyclic) bond motifs is 2. The summed E-state index contributed by atoms with van der Waals surface area (Å²) in [6.07, 6.45) is 8.05. The maximum absolute atomic E-state index is 14.2. The highest BCUT2D eigenvalue weighted by molar-refractivity contribution is 6.31. The normalized spacial score (nSPS) is 17.6. The number of anilines is 4. The number of hydrogen-bond donors (Lipinski definition) is 4. The molecule has 4 heterocycles. The lowest BCUT2D eigenvalue weighted by Crippen LogP contribution is -2.41. The number of nitrogens with zero attached hydrogens (tertiary/aromatic N) is 6. The SMILES string of the molecule is COc1cc2c(Nc3ccc(Cl)cc3F)ncnc2cc1OCC(O)CN1C(C)C=CC1C.COc1cc2c(Nc3ccc(Cl)cc3F)ncnc2cc1OCC(O)CN1CCC(C)CC1. The first-order valence-electron chi connectivity index (χ1n) is 21.7. The van der Waals surface area contributed by atoms with Crippen LogP contribution in [0.25, 0.3) is 21.8 Å². The molecule has 6 aromatic rings. The van der Waals surface area contributed by atoms with Crippen molar-refractivity contribution in [2.75, 3.05) is 64.2 Å². The van der Waals surface area contributed by atoms with Gasteiger partial charge in [-0.15, -0.1) is 0 Å². The second kappa shape index (κ2) is 22.2. The standard InChI is InChI=1S/C24H26ClFN4O3.C24H28ClFN4O3/c1-14-4-5-15(2)30(14)11-17(31)12-33-23-10-21-18(9-22(23)32-3)24(28-13-27-21)29-20-7-6-16(25)8-19(20)26;1-15-5-7-30(8-6-15)12-17(31)13-33-23-11-21-18(10-22(23)32-2)24(28-14-27-21)29-20-4-3-16(25)9-19(20)26/h4-10,13-15,17,31H,11-12H2,1-3H3,(H,27,28,29);3-4,9-11,14-15,17,31H,5-8,12-13H2,1-2H3,(H,27,28,29). The lowest BCUT2D eigenvalue weighted by atomic mass is 9.99. The molecule has 0 aliphatic carbocycles. The summed E-state index contributed by atoms with van der Waals surface area (Å²) in [5.41, 5.74) is 1.66. The van der Waals surface area contributed by atoms with E-state index in [0.717, 1.165) is 31.8 Å². The molecule has 1 saturated heterocycles. The third-order valence-electron chi connectivity index (χ3n) is 11.6. The van der Waals surface area contributed by atoms with Crippen molar-refractivity contribution in [1.29, 1.82) is 0 Å². The first kappa shape index (κ1) is 48.3. The molecule has 0 radical (unpaired) electrons. The molecule has 14 nitrogen and oxygen atoms in total. The van der Waals surface area contributed by atoms with Crippen molar-refractivity contribution in [3.8, 4) is 23.0 Å². The van der Waals surface area contributed by atoms with Crippen LogP contribution in [0.4, 0.5) is 31.8 Å². The van der Waals surface area contributed by atoms with Crippen LogP contribution in [0.15, 0.2) is 85.5 Å². The van der Waals surface area contributed by atoms with E-state index in [1.807, 2.05) is 0 Å². The summed E-state index contributed by atoms with van der Waals surface area (Å²) in [5, 5.41) is 28.8. The second-order valence-electron chi connectivity index (χ2n) is 16.5. The van der Waals surface area contributed by atoms with E-state index in [9.17, 15) is 19.0 Å². The average Bonchev–Trinajstić information content (AvgIpc) is 3.62. The number of β-amino-alcohol motifs (C(OH)–C–C–N with tert-alkyl or cyclic N) is 2. The van der Waals surface area contributed by atoms with Gasteiger partial charge in [-0.3, -0.25) is 4.90 Å². The Hall–Kier alpha value is -5.62. The molecule has 4 unspecified atom stereocenters. The smallest absolute Gasteiger partial charge is 0.163 e. The van der Waals surface area contributed by atoms with Crippen LogP contribution in [0, 0.1) is 17.6 Å². The second-order valence-corrected chi connectivity index (χ2v) is 17.3. The predicted octanol–water partition coefficient (Wildman–Crippen LogP) is 9.21. The molecule has 0 saturated carbocycles. The topological polar surface area (TPSA) is 159 Å². The van der Waals surface area contributed by atoms with Gasteiger partial charge < -0.3 is 44.7 Å². The summed E-state index contributed by atoms with van der Waals surface area (Å²) in [6, 6.07) is 16.2. The molecule has 4 N–H and O–H groups in total. The Bertz CT molecular complexity index is 2630. The number of aromatic nitrogens is 4. The molecule has 0 bridgehead atoms. The van der Waals surface area contributed by atoms with Gasteiger partial charge in [0.2, 0.25) is 0 Å². The number of halogens is 4. The van der Waals surface area contributed by atoms with Crippen LogP contribution in [0.2, 0.25) is 10.0 Å². The van der Waals surface area contributed by atoms with Crippen molar-refractivity contribution in [3.63, 3.8) is 0 Å². The summed E-state index contributed by atoms with van der Waals surface area (Å²) < 4.78 is 51.3. The fourth-order valence-electron chi connectivity index (χ4n) is 7.82. The van der Waals surface area contributed by atoms with E-state index in [-0.39, 0.29) is 36.7 Å². The summed E-state index contributed by atoms with van der Waals surface area (Å²) in [7, 11) is 3.06. The van der Waals surface area contributed by atoms with Gasteiger partial charge in [-0.25, -0.2) is 28.7 Å². The molecule has 350 valence electrons.